The summed E-state index contributed by atoms with van der Waals surface area (Å²) in [5.41, 5.74) is 0.565. The molecule has 0 aliphatic rings. The number of hydrogen-bond acceptors (Lipinski definition) is 2. The third-order valence-electron chi connectivity index (χ3n) is 1.86. The molecule has 1 aromatic rings. The number of ether oxygens (including phenoxy) is 1. The lowest BCUT2D eigenvalue weighted by atomic mass is 10.2. The van der Waals surface area contributed by atoms with Gasteiger partial charge in [0.15, 0.2) is 0 Å². The van der Waals surface area contributed by atoms with Gasteiger partial charge in [0.25, 0.3) is 0 Å². The van der Waals surface area contributed by atoms with Crippen LogP contribution >= 0.6 is 0 Å². The first-order chi connectivity index (χ1) is 6.16. The van der Waals surface area contributed by atoms with E-state index in [4.69, 9.17) is 4.74 Å². The topological polar surface area (TPSA) is 12.5 Å². The van der Waals surface area contributed by atoms with Crippen LogP contribution in [0.2, 0.25) is 0 Å². The fraction of sp³-hybridized carbons (Fsp3) is 0.400. The number of methoxy groups -OCH3 is 1. The van der Waals surface area contributed by atoms with Crippen LogP contribution in [0, 0.1) is 5.82 Å². The maximum absolute atomic E-state index is 13.3. The maximum Gasteiger partial charge on any atom is 0.138 e. The third kappa shape index (κ3) is 2.26. The van der Waals surface area contributed by atoms with E-state index in [2.05, 4.69) is 0 Å². The molecule has 1 unspecified atom stereocenters. The second-order valence-corrected chi connectivity index (χ2v) is 3.07. The molecular weight excluding hydrogens is 169 g/mol. The zero-order valence-electron chi connectivity index (χ0n) is 8.12. The first-order valence-corrected chi connectivity index (χ1v) is 4.10. The molecule has 1 aromatic carbocycles. The molecule has 13 heavy (non-hydrogen) atoms. The summed E-state index contributed by atoms with van der Waals surface area (Å²) in [6.45, 7) is 0. The second kappa shape index (κ2) is 4.35. The Labute approximate surface area is 77.9 Å². The van der Waals surface area contributed by atoms with E-state index >= 15 is 0 Å². The smallest absolute Gasteiger partial charge is 0.138 e. The number of rotatable bonds is 3. The van der Waals surface area contributed by atoms with E-state index in [1.807, 2.05) is 19.0 Å². The van der Waals surface area contributed by atoms with E-state index in [0.29, 0.717) is 5.56 Å². The van der Waals surface area contributed by atoms with Gasteiger partial charge in [-0.25, -0.2) is 4.39 Å². The van der Waals surface area contributed by atoms with Gasteiger partial charge in [-0.15, -0.1) is 0 Å². The zero-order valence-corrected chi connectivity index (χ0v) is 8.12. The van der Waals surface area contributed by atoms with E-state index < -0.39 is 0 Å². The van der Waals surface area contributed by atoms with Gasteiger partial charge in [-0.05, 0) is 20.2 Å². The lowest BCUT2D eigenvalue weighted by Crippen LogP contribution is -2.22. The zero-order chi connectivity index (χ0) is 9.84. The standard InChI is InChI=1S/C10H14FNO/c1-12(2)10(13-3)8-6-4-5-7-9(8)11/h4-7,10H,1-3H3. The molecule has 0 fully saturated rings. The molecule has 0 spiro atoms. The van der Waals surface area contributed by atoms with E-state index in [9.17, 15) is 4.39 Å². The summed E-state index contributed by atoms with van der Waals surface area (Å²) in [5.74, 6) is -0.233. The Bertz CT molecular complexity index is 275. The normalized spacial score (nSPS) is 13.3. The molecule has 3 heteroatoms. The molecule has 0 amide bonds. The van der Waals surface area contributed by atoms with E-state index in [1.165, 1.54) is 6.07 Å². The molecule has 0 heterocycles. The number of nitrogens with zero attached hydrogens (tertiary/aromatic N) is 1. The van der Waals surface area contributed by atoms with Crippen molar-refractivity contribution < 1.29 is 9.13 Å². The van der Waals surface area contributed by atoms with Crippen molar-refractivity contribution in [1.82, 2.24) is 4.90 Å². The van der Waals surface area contributed by atoms with Crippen molar-refractivity contribution in [2.45, 2.75) is 6.23 Å². The van der Waals surface area contributed by atoms with Gasteiger partial charge in [-0.1, -0.05) is 18.2 Å². The highest BCUT2D eigenvalue weighted by Crippen LogP contribution is 2.20. The predicted octanol–water partition coefficient (Wildman–Crippen LogP) is 2.03. The number of hydrogen-bond donors (Lipinski definition) is 0. The fourth-order valence-electron chi connectivity index (χ4n) is 1.29. The van der Waals surface area contributed by atoms with Crippen molar-refractivity contribution in [2.24, 2.45) is 0 Å². The lowest BCUT2D eigenvalue weighted by Gasteiger charge is -2.23. The lowest BCUT2D eigenvalue weighted by molar-refractivity contribution is -0.00786. The minimum absolute atomic E-state index is 0.233. The van der Waals surface area contributed by atoms with Crippen LogP contribution in [0.4, 0.5) is 4.39 Å². The molecular formula is C10H14FNO. The Kier molecular flexibility index (Phi) is 3.39. The van der Waals surface area contributed by atoms with Gasteiger partial charge in [0.05, 0.1) is 0 Å². The summed E-state index contributed by atoms with van der Waals surface area (Å²) in [6.07, 6.45) is -0.318. The van der Waals surface area contributed by atoms with Crippen molar-refractivity contribution in [2.75, 3.05) is 21.2 Å². The SMILES string of the molecule is COC(c1ccccc1F)N(C)C. The third-order valence-corrected chi connectivity index (χ3v) is 1.86. The summed E-state index contributed by atoms with van der Waals surface area (Å²) in [5, 5.41) is 0. The van der Waals surface area contributed by atoms with Gasteiger partial charge in [-0.2, -0.15) is 0 Å². The van der Waals surface area contributed by atoms with Crippen molar-refractivity contribution in [3.05, 3.63) is 35.6 Å². The van der Waals surface area contributed by atoms with E-state index in [1.54, 1.807) is 25.3 Å². The Morgan fingerprint density at radius 1 is 1.31 bits per heavy atom. The molecule has 0 N–H and O–H groups in total. The summed E-state index contributed by atoms with van der Waals surface area (Å²) in [6, 6.07) is 6.63. The van der Waals surface area contributed by atoms with Crippen LogP contribution in [0.1, 0.15) is 11.8 Å². The van der Waals surface area contributed by atoms with Crippen molar-refractivity contribution in [3.8, 4) is 0 Å². The minimum Gasteiger partial charge on any atom is -0.362 e. The van der Waals surface area contributed by atoms with Crippen molar-refractivity contribution in [3.63, 3.8) is 0 Å². The first kappa shape index (κ1) is 10.2. The Hall–Kier alpha value is -0.930. The highest BCUT2D eigenvalue weighted by atomic mass is 19.1. The number of halogens is 1. The molecule has 0 aliphatic carbocycles. The maximum atomic E-state index is 13.3. The molecule has 0 saturated carbocycles. The van der Waals surface area contributed by atoms with Crippen LogP contribution in [-0.2, 0) is 4.74 Å². The molecule has 0 aromatic heterocycles. The van der Waals surface area contributed by atoms with Crippen molar-refractivity contribution >= 4 is 0 Å². The molecule has 72 valence electrons. The monoisotopic (exact) mass is 183 g/mol. The van der Waals surface area contributed by atoms with Gasteiger partial charge >= 0.3 is 0 Å². The van der Waals surface area contributed by atoms with Crippen LogP contribution in [0.25, 0.3) is 0 Å². The highest BCUT2D eigenvalue weighted by Gasteiger charge is 2.15. The van der Waals surface area contributed by atoms with E-state index in [-0.39, 0.29) is 12.0 Å². The Morgan fingerprint density at radius 2 is 1.92 bits per heavy atom. The average Bonchev–Trinajstić information content (AvgIpc) is 2.09. The quantitative estimate of drug-likeness (QED) is 0.665. The van der Waals surface area contributed by atoms with Crippen LogP contribution in [-0.4, -0.2) is 26.1 Å². The fourth-order valence-corrected chi connectivity index (χ4v) is 1.29. The summed E-state index contributed by atoms with van der Waals surface area (Å²) >= 11 is 0. The molecule has 1 rings (SSSR count). The highest BCUT2D eigenvalue weighted by molar-refractivity contribution is 5.19. The average molecular weight is 183 g/mol. The minimum atomic E-state index is -0.318. The van der Waals surface area contributed by atoms with Gasteiger partial charge in [0.2, 0.25) is 0 Å². The molecule has 2 nitrogen and oxygen atoms in total. The van der Waals surface area contributed by atoms with Gasteiger partial charge in [0, 0.05) is 12.7 Å². The summed E-state index contributed by atoms with van der Waals surface area (Å²) in [4.78, 5) is 1.82. The summed E-state index contributed by atoms with van der Waals surface area (Å²) in [7, 11) is 5.26. The van der Waals surface area contributed by atoms with Crippen LogP contribution in [0.5, 0.6) is 0 Å². The van der Waals surface area contributed by atoms with Crippen LogP contribution in [0.15, 0.2) is 24.3 Å². The molecule has 1 atom stereocenters. The molecule has 0 bridgehead atoms. The number of benzene rings is 1. The van der Waals surface area contributed by atoms with E-state index in [0.717, 1.165) is 0 Å². The Balaban J connectivity index is 2.97. The van der Waals surface area contributed by atoms with Gasteiger partial charge < -0.3 is 4.74 Å². The van der Waals surface area contributed by atoms with Gasteiger partial charge in [0.1, 0.15) is 12.0 Å². The summed E-state index contributed by atoms with van der Waals surface area (Å²) < 4.78 is 18.4. The molecule has 0 saturated heterocycles. The Morgan fingerprint density at radius 3 is 2.38 bits per heavy atom. The molecule has 0 aliphatic heterocycles. The van der Waals surface area contributed by atoms with Crippen LogP contribution in [0.3, 0.4) is 0 Å². The second-order valence-electron chi connectivity index (χ2n) is 3.07. The van der Waals surface area contributed by atoms with Gasteiger partial charge in [-0.3, -0.25) is 4.90 Å². The predicted molar refractivity (Wildman–Crippen MR) is 49.8 cm³/mol. The molecule has 0 radical (unpaired) electrons. The van der Waals surface area contributed by atoms with Crippen LogP contribution < -0.4 is 0 Å². The van der Waals surface area contributed by atoms with Crippen molar-refractivity contribution in [1.29, 1.82) is 0 Å². The largest absolute Gasteiger partial charge is 0.362 e. The first-order valence-electron chi connectivity index (χ1n) is 4.10.